The molecule has 1 fully saturated rings. The Labute approximate surface area is 133 Å². The fourth-order valence-corrected chi connectivity index (χ4v) is 3.11. The number of halogens is 2. The molecule has 0 amide bonds. The quantitative estimate of drug-likeness (QED) is 0.946. The highest BCUT2D eigenvalue weighted by Crippen LogP contribution is 2.25. The summed E-state index contributed by atoms with van der Waals surface area (Å²) >= 11 is 0. The fraction of sp³-hybridized carbons (Fsp3) is 0.412. The monoisotopic (exact) mass is 319 g/mol. The third kappa shape index (κ3) is 3.82. The second-order valence-electron chi connectivity index (χ2n) is 6.09. The topological polar surface area (TPSA) is 49.0 Å². The lowest BCUT2D eigenvalue weighted by Gasteiger charge is -2.32. The van der Waals surface area contributed by atoms with E-state index in [1.807, 2.05) is 0 Å². The minimum absolute atomic E-state index is 0.134. The van der Waals surface area contributed by atoms with Crippen molar-refractivity contribution in [3.05, 3.63) is 63.3 Å². The Morgan fingerprint density at radius 3 is 2.87 bits per heavy atom. The highest BCUT2D eigenvalue weighted by atomic mass is 19.2. The first-order chi connectivity index (χ1) is 11.0. The summed E-state index contributed by atoms with van der Waals surface area (Å²) in [7, 11) is 0. The Hall–Kier alpha value is -2.08. The molecule has 1 aliphatic rings. The summed E-state index contributed by atoms with van der Waals surface area (Å²) in [6.45, 7) is 4.00. The maximum absolute atomic E-state index is 13.3. The van der Waals surface area contributed by atoms with Crippen LogP contribution in [0.25, 0.3) is 0 Å². The number of benzene rings is 1. The van der Waals surface area contributed by atoms with Crippen LogP contribution in [0.5, 0.6) is 0 Å². The van der Waals surface area contributed by atoms with Crippen LogP contribution in [0.3, 0.4) is 0 Å². The first kappa shape index (κ1) is 15.8. The number of rotatable bonds is 3. The van der Waals surface area contributed by atoms with Crippen molar-refractivity contribution in [3.8, 4) is 0 Å². The van der Waals surface area contributed by atoms with Crippen molar-refractivity contribution in [1.29, 1.82) is 0 Å². The number of H-pyrrole nitrogens is 1. The Balaban J connectivity index is 1.72. The molecule has 1 atom stereocenters. The van der Waals surface area contributed by atoms with Crippen molar-refractivity contribution >= 4 is 0 Å². The van der Waals surface area contributed by atoms with Gasteiger partial charge in [0.15, 0.2) is 11.6 Å². The summed E-state index contributed by atoms with van der Waals surface area (Å²) in [5.74, 6) is -0.779. The van der Waals surface area contributed by atoms with E-state index in [-0.39, 0.29) is 11.5 Å². The molecule has 2 heterocycles. The molecule has 1 aromatic carbocycles. The second kappa shape index (κ2) is 6.58. The molecule has 0 aliphatic carbocycles. The lowest BCUT2D eigenvalue weighted by atomic mass is 9.96. The Morgan fingerprint density at radius 1 is 1.30 bits per heavy atom. The molecule has 1 aliphatic heterocycles. The first-order valence-electron chi connectivity index (χ1n) is 7.75. The van der Waals surface area contributed by atoms with Crippen LogP contribution in [-0.2, 0) is 6.54 Å². The summed E-state index contributed by atoms with van der Waals surface area (Å²) in [4.78, 5) is 21.0. The molecule has 1 saturated heterocycles. The van der Waals surface area contributed by atoms with Gasteiger partial charge in [-0.2, -0.15) is 0 Å². The molecular formula is C17H19F2N3O. The van der Waals surface area contributed by atoms with Gasteiger partial charge in [-0.05, 0) is 44.0 Å². The summed E-state index contributed by atoms with van der Waals surface area (Å²) in [5, 5.41) is 0. The van der Waals surface area contributed by atoms with E-state index in [1.54, 1.807) is 13.0 Å². The Morgan fingerprint density at radius 2 is 2.13 bits per heavy atom. The summed E-state index contributed by atoms with van der Waals surface area (Å²) in [6, 6.07) is 5.48. The maximum Gasteiger partial charge on any atom is 0.251 e. The molecule has 0 radical (unpaired) electrons. The summed E-state index contributed by atoms with van der Waals surface area (Å²) in [5.41, 5.74) is 1.32. The van der Waals surface area contributed by atoms with Gasteiger partial charge in [-0.25, -0.2) is 13.8 Å². The van der Waals surface area contributed by atoms with Crippen LogP contribution in [0.15, 0.2) is 29.1 Å². The van der Waals surface area contributed by atoms with E-state index < -0.39 is 11.6 Å². The van der Waals surface area contributed by atoms with Crippen molar-refractivity contribution in [2.24, 2.45) is 0 Å². The Bertz CT molecular complexity index is 760. The molecule has 6 heteroatoms. The van der Waals surface area contributed by atoms with Crippen LogP contribution >= 0.6 is 0 Å². The molecule has 0 saturated carbocycles. The van der Waals surface area contributed by atoms with E-state index in [2.05, 4.69) is 14.9 Å². The number of hydrogen-bond donors (Lipinski definition) is 1. The van der Waals surface area contributed by atoms with E-state index in [4.69, 9.17) is 0 Å². The van der Waals surface area contributed by atoms with Gasteiger partial charge in [-0.15, -0.1) is 0 Å². The van der Waals surface area contributed by atoms with E-state index in [9.17, 15) is 13.6 Å². The maximum atomic E-state index is 13.3. The molecule has 0 bridgehead atoms. The van der Waals surface area contributed by atoms with E-state index in [0.29, 0.717) is 18.1 Å². The predicted molar refractivity (Wildman–Crippen MR) is 83.2 cm³/mol. The Kier molecular flexibility index (Phi) is 4.52. The first-order valence-corrected chi connectivity index (χ1v) is 7.75. The van der Waals surface area contributed by atoms with Gasteiger partial charge in [0.2, 0.25) is 0 Å². The van der Waals surface area contributed by atoms with E-state index in [0.717, 1.165) is 37.6 Å². The van der Waals surface area contributed by atoms with Crippen molar-refractivity contribution in [2.45, 2.75) is 32.2 Å². The van der Waals surface area contributed by atoms with Gasteiger partial charge < -0.3 is 4.98 Å². The van der Waals surface area contributed by atoms with Crippen LogP contribution in [0.2, 0.25) is 0 Å². The number of hydrogen-bond acceptors (Lipinski definition) is 3. The van der Waals surface area contributed by atoms with Gasteiger partial charge in [0.25, 0.3) is 5.56 Å². The summed E-state index contributed by atoms with van der Waals surface area (Å²) in [6.07, 6.45) is 1.94. The van der Waals surface area contributed by atoms with Crippen LogP contribution < -0.4 is 5.56 Å². The fourth-order valence-electron chi connectivity index (χ4n) is 3.11. The molecular weight excluding hydrogens is 300 g/mol. The third-order valence-electron chi connectivity index (χ3n) is 4.17. The van der Waals surface area contributed by atoms with Crippen LogP contribution in [0.1, 0.15) is 35.8 Å². The third-order valence-corrected chi connectivity index (χ3v) is 4.17. The van der Waals surface area contributed by atoms with Crippen molar-refractivity contribution < 1.29 is 8.78 Å². The predicted octanol–water partition coefficient (Wildman–Crippen LogP) is 2.74. The zero-order valence-corrected chi connectivity index (χ0v) is 13.0. The lowest BCUT2D eigenvalue weighted by Crippen LogP contribution is -2.35. The molecule has 23 heavy (non-hydrogen) atoms. The number of aromatic nitrogens is 2. The van der Waals surface area contributed by atoms with Crippen LogP contribution in [-0.4, -0.2) is 28.0 Å². The largest absolute Gasteiger partial charge is 0.310 e. The molecule has 2 aromatic rings. The second-order valence-corrected chi connectivity index (χ2v) is 6.09. The zero-order valence-electron chi connectivity index (χ0n) is 13.0. The molecule has 3 rings (SSSR count). The van der Waals surface area contributed by atoms with Crippen molar-refractivity contribution in [3.63, 3.8) is 0 Å². The molecule has 0 unspecified atom stereocenters. The van der Waals surface area contributed by atoms with Crippen molar-refractivity contribution in [1.82, 2.24) is 14.9 Å². The molecule has 122 valence electrons. The van der Waals surface area contributed by atoms with Gasteiger partial charge in [0, 0.05) is 30.8 Å². The minimum atomic E-state index is -0.827. The molecule has 1 N–H and O–H groups in total. The van der Waals surface area contributed by atoms with Gasteiger partial charge >= 0.3 is 0 Å². The smallest absolute Gasteiger partial charge is 0.251 e. The molecule has 4 nitrogen and oxygen atoms in total. The highest BCUT2D eigenvalue weighted by molar-refractivity contribution is 5.18. The van der Waals surface area contributed by atoms with E-state index in [1.165, 1.54) is 12.1 Å². The van der Waals surface area contributed by atoms with Gasteiger partial charge in [-0.1, -0.05) is 6.07 Å². The standard InChI is InChI=1S/C17H19F2N3O/c1-11-7-16(23)21-17(20-11)13-3-2-6-22(10-13)9-12-4-5-14(18)15(19)8-12/h4-5,7-8,13H,2-3,6,9-10H2,1H3,(H,20,21,23)/t13-/m1/s1. The zero-order chi connectivity index (χ0) is 16.4. The lowest BCUT2D eigenvalue weighted by molar-refractivity contribution is 0.196. The van der Waals surface area contributed by atoms with Crippen LogP contribution in [0, 0.1) is 18.6 Å². The summed E-state index contributed by atoms with van der Waals surface area (Å²) < 4.78 is 26.3. The number of nitrogens with zero attached hydrogens (tertiary/aromatic N) is 2. The van der Waals surface area contributed by atoms with Gasteiger partial charge in [-0.3, -0.25) is 9.69 Å². The van der Waals surface area contributed by atoms with Crippen molar-refractivity contribution in [2.75, 3.05) is 13.1 Å². The minimum Gasteiger partial charge on any atom is -0.310 e. The number of nitrogens with one attached hydrogen (secondary N) is 1. The number of aromatic amines is 1. The molecule has 1 aromatic heterocycles. The van der Waals surface area contributed by atoms with E-state index >= 15 is 0 Å². The van der Waals surface area contributed by atoms with Crippen LogP contribution in [0.4, 0.5) is 8.78 Å². The number of piperidine rings is 1. The number of likely N-dealkylation sites (tertiary alicyclic amines) is 1. The normalized spacial score (nSPS) is 19.0. The van der Waals surface area contributed by atoms with Gasteiger partial charge in [0.05, 0.1) is 0 Å². The average molecular weight is 319 g/mol. The number of aryl methyl sites for hydroxylation is 1. The average Bonchev–Trinajstić information content (AvgIpc) is 2.50. The SMILES string of the molecule is Cc1cc(=O)[nH]c([C@@H]2CCCN(Cc3ccc(F)c(F)c3)C2)n1. The highest BCUT2D eigenvalue weighted by Gasteiger charge is 2.23. The van der Waals surface area contributed by atoms with Gasteiger partial charge in [0.1, 0.15) is 5.82 Å². The molecule has 0 spiro atoms.